The summed E-state index contributed by atoms with van der Waals surface area (Å²) in [5.74, 6) is -1.12. The minimum absolute atomic E-state index is 0.299. The number of aliphatic carboxylic acids is 1. The van der Waals surface area contributed by atoms with Crippen molar-refractivity contribution in [3.05, 3.63) is 65.7 Å². The van der Waals surface area contributed by atoms with Gasteiger partial charge in [0.1, 0.15) is 5.75 Å². The molecule has 2 aromatic rings. The van der Waals surface area contributed by atoms with Crippen LogP contribution in [0.25, 0.3) is 6.08 Å². The van der Waals surface area contributed by atoms with Gasteiger partial charge in [0, 0.05) is 11.6 Å². The van der Waals surface area contributed by atoms with Gasteiger partial charge in [0.2, 0.25) is 5.91 Å². The first kappa shape index (κ1) is 20.2. The van der Waals surface area contributed by atoms with E-state index in [-0.39, 0.29) is 5.91 Å². The average molecular weight is 358 g/mol. The molecule has 136 valence electrons. The van der Waals surface area contributed by atoms with Crippen LogP contribution in [0.5, 0.6) is 5.75 Å². The van der Waals surface area contributed by atoms with E-state index < -0.39 is 12.1 Å². The lowest BCUT2D eigenvalue weighted by Crippen LogP contribution is -2.09. The maximum atomic E-state index is 10.5. The number of rotatable bonds is 5. The van der Waals surface area contributed by atoms with Crippen molar-refractivity contribution in [3.8, 4) is 5.75 Å². The van der Waals surface area contributed by atoms with Crippen molar-refractivity contribution in [2.24, 2.45) is 5.73 Å². The fraction of sp³-hybridized carbons (Fsp3) is 0.0556. The molecule has 5 N–H and O–H groups in total. The zero-order valence-electron chi connectivity index (χ0n) is 13.9. The molecule has 0 saturated heterocycles. The second kappa shape index (κ2) is 10.1. The van der Waals surface area contributed by atoms with Crippen LogP contribution in [-0.2, 0) is 4.79 Å². The number of methoxy groups -OCH3 is 1. The summed E-state index contributed by atoms with van der Waals surface area (Å²) in [4.78, 5) is 31.2. The molecule has 2 rings (SSSR count). The molecule has 26 heavy (non-hydrogen) atoms. The van der Waals surface area contributed by atoms with Crippen molar-refractivity contribution in [2.75, 3.05) is 12.4 Å². The monoisotopic (exact) mass is 358 g/mol. The van der Waals surface area contributed by atoms with Gasteiger partial charge in [0.25, 0.3) is 0 Å². The minimum atomic E-state index is -1.20. The number of anilines is 1. The van der Waals surface area contributed by atoms with Crippen molar-refractivity contribution in [3.63, 3.8) is 0 Å². The third kappa shape index (κ3) is 7.18. The van der Waals surface area contributed by atoms with Crippen LogP contribution in [0.15, 0.2) is 54.6 Å². The predicted octanol–water partition coefficient (Wildman–Crippen LogP) is 2.67. The number of nitrogens with one attached hydrogen (secondary N) is 1. The molecular formula is C18H18N2O6. The third-order valence-corrected chi connectivity index (χ3v) is 2.94. The zero-order valence-corrected chi connectivity index (χ0v) is 13.9. The third-order valence-electron chi connectivity index (χ3n) is 2.94. The number of hydrogen-bond acceptors (Lipinski definition) is 4. The Balaban J connectivity index is 0.000000314. The number of ether oxygens (including phenoxy) is 1. The Morgan fingerprint density at radius 1 is 1.08 bits per heavy atom. The Hall–Kier alpha value is -3.81. The number of nitrogens with two attached hydrogens (primary N) is 1. The van der Waals surface area contributed by atoms with Crippen LogP contribution in [-0.4, -0.2) is 35.3 Å². The molecule has 0 spiro atoms. The number of carbonyl (C=O) groups is 3. The van der Waals surface area contributed by atoms with E-state index in [1.54, 1.807) is 30.3 Å². The summed E-state index contributed by atoms with van der Waals surface area (Å²) in [5.41, 5.74) is 6.42. The minimum Gasteiger partial charge on any atom is -0.495 e. The summed E-state index contributed by atoms with van der Waals surface area (Å²) in [7, 11) is 1.40. The molecule has 0 atom stereocenters. The highest BCUT2D eigenvalue weighted by Gasteiger charge is 2.06. The Morgan fingerprint density at radius 3 is 2.19 bits per heavy atom. The van der Waals surface area contributed by atoms with Crippen LogP contribution in [0.2, 0.25) is 0 Å². The van der Waals surface area contributed by atoms with Crippen molar-refractivity contribution >= 4 is 29.7 Å². The fourth-order valence-corrected chi connectivity index (χ4v) is 1.80. The van der Waals surface area contributed by atoms with Gasteiger partial charge in [-0.05, 0) is 35.9 Å². The number of carboxylic acids is 1. The van der Waals surface area contributed by atoms with Crippen molar-refractivity contribution in [1.82, 2.24) is 0 Å². The van der Waals surface area contributed by atoms with Crippen LogP contribution in [0, 0.1) is 0 Å². The van der Waals surface area contributed by atoms with Crippen LogP contribution < -0.4 is 15.8 Å². The number of carbonyl (C=O) groups excluding carboxylic acids is 1. The smallest absolute Gasteiger partial charge is 0.409 e. The van der Waals surface area contributed by atoms with Crippen LogP contribution in [0.1, 0.15) is 15.9 Å². The Kier molecular flexibility index (Phi) is 7.89. The van der Waals surface area contributed by atoms with Gasteiger partial charge in [0.05, 0.1) is 12.8 Å². The molecule has 0 heterocycles. The van der Waals surface area contributed by atoms with Crippen molar-refractivity contribution < 1.29 is 29.3 Å². The molecular weight excluding hydrogens is 340 g/mol. The van der Waals surface area contributed by atoms with Gasteiger partial charge in [-0.2, -0.15) is 0 Å². The second-order valence-corrected chi connectivity index (χ2v) is 4.79. The molecule has 0 aromatic heterocycles. The van der Waals surface area contributed by atoms with Crippen LogP contribution >= 0.6 is 0 Å². The molecule has 0 aliphatic carbocycles. The summed E-state index contributed by atoms with van der Waals surface area (Å²) in [6, 6.07) is 13.4. The largest absolute Gasteiger partial charge is 0.495 e. The molecule has 0 radical (unpaired) electrons. The molecule has 2 aromatic carbocycles. The maximum absolute atomic E-state index is 10.5. The molecule has 8 heteroatoms. The van der Waals surface area contributed by atoms with Gasteiger partial charge >= 0.3 is 12.1 Å². The summed E-state index contributed by atoms with van der Waals surface area (Å²) in [5, 5.41) is 19.2. The van der Waals surface area contributed by atoms with E-state index in [1.807, 2.05) is 6.07 Å². The number of carboxylic acid groups (broad SMARTS) is 2. The topological polar surface area (TPSA) is 139 Å². The van der Waals surface area contributed by atoms with Crippen molar-refractivity contribution in [1.29, 1.82) is 0 Å². The normalized spacial score (nSPS) is 9.73. The number of amides is 2. The lowest BCUT2D eigenvalue weighted by atomic mass is 10.1. The van der Waals surface area contributed by atoms with E-state index in [0.29, 0.717) is 22.6 Å². The lowest BCUT2D eigenvalue weighted by Gasteiger charge is -2.08. The molecule has 2 amide bonds. The van der Waals surface area contributed by atoms with E-state index >= 15 is 0 Å². The summed E-state index contributed by atoms with van der Waals surface area (Å²) < 4.78 is 4.99. The summed E-state index contributed by atoms with van der Waals surface area (Å²) in [6.07, 6.45) is 1.17. The maximum Gasteiger partial charge on any atom is 0.409 e. The van der Waals surface area contributed by atoms with Gasteiger partial charge in [-0.15, -0.1) is 0 Å². The van der Waals surface area contributed by atoms with Crippen LogP contribution in [0.4, 0.5) is 10.5 Å². The highest BCUT2D eigenvalue weighted by atomic mass is 16.5. The van der Waals surface area contributed by atoms with E-state index in [2.05, 4.69) is 5.32 Å². The predicted molar refractivity (Wildman–Crippen MR) is 96.3 cm³/mol. The number of hydrogen-bond donors (Lipinski definition) is 4. The first-order valence-electron chi connectivity index (χ1n) is 7.27. The Bertz CT molecular complexity index is 803. The van der Waals surface area contributed by atoms with E-state index in [1.165, 1.54) is 25.3 Å². The standard InChI is InChI=1S/C11H11NO5.C7H7NO/c1-17-9-6-7(3-5-10(13)14)2-4-8(9)12-11(15)16;8-7(9)6-4-2-1-3-5-6/h2-6,12H,1H3,(H,13,14)(H,15,16);1-5H,(H2,8,9)/b5-3+;. The second-order valence-electron chi connectivity index (χ2n) is 4.79. The quantitative estimate of drug-likeness (QED) is 0.606. The molecule has 0 aliphatic rings. The van der Waals surface area contributed by atoms with Gasteiger partial charge in [-0.1, -0.05) is 24.3 Å². The van der Waals surface area contributed by atoms with Gasteiger partial charge < -0.3 is 20.7 Å². The summed E-state index contributed by atoms with van der Waals surface area (Å²) in [6.45, 7) is 0. The molecule has 0 fully saturated rings. The highest BCUT2D eigenvalue weighted by molar-refractivity contribution is 5.92. The van der Waals surface area contributed by atoms with Gasteiger partial charge in [0.15, 0.2) is 0 Å². The first-order chi connectivity index (χ1) is 12.3. The van der Waals surface area contributed by atoms with E-state index in [4.69, 9.17) is 20.7 Å². The molecule has 0 bridgehead atoms. The van der Waals surface area contributed by atoms with E-state index in [0.717, 1.165) is 6.08 Å². The van der Waals surface area contributed by atoms with Crippen LogP contribution in [0.3, 0.4) is 0 Å². The average Bonchev–Trinajstić information content (AvgIpc) is 2.61. The molecule has 0 unspecified atom stereocenters. The van der Waals surface area contributed by atoms with Gasteiger partial charge in [-0.25, -0.2) is 9.59 Å². The Labute approximate surface area is 149 Å². The fourth-order valence-electron chi connectivity index (χ4n) is 1.80. The SMILES string of the molecule is COc1cc(/C=C/C(=O)O)ccc1NC(=O)O.NC(=O)c1ccccc1. The number of benzene rings is 2. The number of primary amides is 1. The van der Waals surface area contributed by atoms with Crippen molar-refractivity contribution in [2.45, 2.75) is 0 Å². The lowest BCUT2D eigenvalue weighted by molar-refractivity contribution is -0.131. The molecule has 8 nitrogen and oxygen atoms in total. The van der Waals surface area contributed by atoms with E-state index in [9.17, 15) is 14.4 Å². The Morgan fingerprint density at radius 2 is 1.73 bits per heavy atom. The molecule has 0 saturated carbocycles. The van der Waals surface area contributed by atoms with Gasteiger partial charge in [-0.3, -0.25) is 10.1 Å². The zero-order chi connectivity index (χ0) is 19.5. The first-order valence-corrected chi connectivity index (χ1v) is 7.27. The highest BCUT2D eigenvalue weighted by Crippen LogP contribution is 2.26. The molecule has 0 aliphatic heterocycles. The summed E-state index contributed by atoms with van der Waals surface area (Å²) >= 11 is 0.